The number of nitrogens with two attached hydrogens (primary N) is 1. The molecule has 1 unspecified atom stereocenters. The van der Waals surface area contributed by atoms with Crippen molar-refractivity contribution < 1.29 is 8.42 Å². The predicted molar refractivity (Wildman–Crippen MR) is 84.1 cm³/mol. The summed E-state index contributed by atoms with van der Waals surface area (Å²) in [6.07, 6.45) is 4.81. The molecule has 0 heterocycles. The standard InChI is InChI=1S/C15H26N2O2S/c1-4-6-8-14(7-5-2)17-20(18,19)15-10-12(3)9-13(16)11-15/h9-11,14,17H,4-8,16H2,1-3H3. The average molecular weight is 298 g/mol. The van der Waals surface area contributed by atoms with Gasteiger partial charge in [-0.1, -0.05) is 33.1 Å². The Hall–Kier alpha value is -1.07. The fourth-order valence-electron chi connectivity index (χ4n) is 2.28. The quantitative estimate of drug-likeness (QED) is 0.724. The Labute approximate surface area is 122 Å². The molecule has 4 nitrogen and oxygen atoms in total. The van der Waals surface area contributed by atoms with Crippen LogP contribution in [0.2, 0.25) is 0 Å². The Balaban J connectivity index is 2.90. The zero-order chi connectivity index (χ0) is 15.2. The van der Waals surface area contributed by atoms with Gasteiger partial charge < -0.3 is 5.73 Å². The number of unbranched alkanes of at least 4 members (excludes halogenated alkanes) is 1. The van der Waals surface area contributed by atoms with E-state index in [1.807, 2.05) is 6.92 Å². The number of nitrogen functional groups attached to an aromatic ring is 1. The van der Waals surface area contributed by atoms with Crippen LogP contribution in [0.25, 0.3) is 0 Å². The van der Waals surface area contributed by atoms with Gasteiger partial charge in [-0.3, -0.25) is 0 Å². The molecule has 0 aliphatic heterocycles. The van der Waals surface area contributed by atoms with Gasteiger partial charge in [-0.2, -0.15) is 0 Å². The monoisotopic (exact) mass is 298 g/mol. The lowest BCUT2D eigenvalue weighted by atomic mass is 10.1. The fraction of sp³-hybridized carbons (Fsp3) is 0.600. The third kappa shape index (κ3) is 5.13. The summed E-state index contributed by atoms with van der Waals surface area (Å²) in [6.45, 7) is 6.02. The molecule has 0 saturated carbocycles. The first kappa shape index (κ1) is 17.0. The first-order chi connectivity index (χ1) is 9.39. The van der Waals surface area contributed by atoms with Crippen molar-refractivity contribution in [2.24, 2.45) is 0 Å². The number of benzene rings is 1. The number of sulfonamides is 1. The van der Waals surface area contributed by atoms with Crippen LogP contribution >= 0.6 is 0 Å². The summed E-state index contributed by atoms with van der Waals surface area (Å²) in [5.74, 6) is 0. The third-order valence-electron chi connectivity index (χ3n) is 3.25. The van der Waals surface area contributed by atoms with Gasteiger partial charge in [0.1, 0.15) is 0 Å². The van der Waals surface area contributed by atoms with Crippen LogP contribution < -0.4 is 10.5 Å². The van der Waals surface area contributed by atoms with Gasteiger partial charge in [-0.15, -0.1) is 0 Å². The maximum Gasteiger partial charge on any atom is 0.240 e. The van der Waals surface area contributed by atoms with Gasteiger partial charge in [0.25, 0.3) is 0 Å². The van der Waals surface area contributed by atoms with Crippen molar-refractivity contribution in [1.82, 2.24) is 4.72 Å². The molecule has 114 valence electrons. The highest BCUT2D eigenvalue weighted by atomic mass is 32.2. The van der Waals surface area contributed by atoms with Crippen LogP contribution in [0.3, 0.4) is 0 Å². The molecule has 0 spiro atoms. The van der Waals surface area contributed by atoms with Crippen LogP contribution in [-0.2, 0) is 10.0 Å². The Kier molecular flexibility index (Phi) is 6.49. The second kappa shape index (κ2) is 7.64. The van der Waals surface area contributed by atoms with Gasteiger partial charge in [-0.05, 0) is 43.5 Å². The number of aryl methyl sites for hydroxylation is 1. The van der Waals surface area contributed by atoms with E-state index in [2.05, 4.69) is 18.6 Å². The minimum atomic E-state index is -3.49. The van der Waals surface area contributed by atoms with E-state index in [-0.39, 0.29) is 10.9 Å². The lowest BCUT2D eigenvalue weighted by molar-refractivity contribution is 0.483. The molecule has 1 rings (SSSR count). The maximum absolute atomic E-state index is 12.4. The van der Waals surface area contributed by atoms with Gasteiger partial charge in [-0.25, -0.2) is 13.1 Å². The smallest absolute Gasteiger partial charge is 0.240 e. The first-order valence-electron chi connectivity index (χ1n) is 7.28. The molecule has 1 aromatic rings. The van der Waals surface area contributed by atoms with Crippen LogP contribution in [0.4, 0.5) is 5.69 Å². The van der Waals surface area contributed by atoms with Crippen LogP contribution in [0.15, 0.2) is 23.1 Å². The average Bonchev–Trinajstić information content (AvgIpc) is 2.34. The number of anilines is 1. The molecule has 0 radical (unpaired) electrons. The molecule has 0 fully saturated rings. The largest absolute Gasteiger partial charge is 0.399 e. The van der Waals surface area contributed by atoms with E-state index >= 15 is 0 Å². The first-order valence-corrected chi connectivity index (χ1v) is 8.76. The summed E-state index contributed by atoms with van der Waals surface area (Å²) >= 11 is 0. The van der Waals surface area contributed by atoms with E-state index < -0.39 is 10.0 Å². The molecule has 1 atom stereocenters. The van der Waals surface area contributed by atoms with E-state index in [4.69, 9.17) is 5.73 Å². The van der Waals surface area contributed by atoms with Crippen LogP contribution in [0, 0.1) is 6.92 Å². The summed E-state index contributed by atoms with van der Waals surface area (Å²) in [5.41, 5.74) is 7.06. The molecule has 5 heteroatoms. The van der Waals surface area contributed by atoms with Gasteiger partial charge >= 0.3 is 0 Å². The SMILES string of the molecule is CCCCC(CCC)NS(=O)(=O)c1cc(C)cc(N)c1. The summed E-state index contributed by atoms with van der Waals surface area (Å²) in [5, 5.41) is 0. The van der Waals surface area contributed by atoms with Crippen molar-refractivity contribution in [1.29, 1.82) is 0 Å². The molecular weight excluding hydrogens is 272 g/mol. The van der Waals surface area contributed by atoms with Crippen molar-refractivity contribution in [3.05, 3.63) is 23.8 Å². The van der Waals surface area contributed by atoms with E-state index in [0.717, 1.165) is 37.7 Å². The minimum Gasteiger partial charge on any atom is -0.399 e. The molecule has 0 aliphatic carbocycles. The summed E-state index contributed by atoms with van der Waals surface area (Å²) in [6, 6.07) is 4.94. The lowest BCUT2D eigenvalue weighted by Crippen LogP contribution is -2.34. The number of rotatable bonds is 8. The van der Waals surface area contributed by atoms with Crippen molar-refractivity contribution in [3.8, 4) is 0 Å². The number of hydrogen-bond acceptors (Lipinski definition) is 3. The lowest BCUT2D eigenvalue weighted by Gasteiger charge is -2.18. The van der Waals surface area contributed by atoms with Crippen molar-refractivity contribution in [2.45, 2.75) is 63.8 Å². The van der Waals surface area contributed by atoms with Crippen molar-refractivity contribution in [3.63, 3.8) is 0 Å². The Morgan fingerprint density at radius 2 is 1.85 bits per heavy atom. The molecule has 0 saturated heterocycles. The van der Waals surface area contributed by atoms with E-state index in [1.54, 1.807) is 12.1 Å². The summed E-state index contributed by atoms with van der Waals surface area (Å²) in [4.78, 5) is 0.257. The third-order valence-corrected chi connectivity index (χ3v) is 4.75. The van der Waals surface area contributed by atoms with Crippen LogP contribution in [0.1, 0.15) is 51.5 Å². The molecule has 0 amide bonds. The van der Waals surface area contributed by atoms with Crippen molar-refractivity contribution >= 4 is 15.7 Å². The number of nitrogens with one attached hydrogen (secondary N) is 1. The molecule has 0 aromatic heterocycles. The normalized spacial score (nSPS) is 13.3. The molecule has 0 aliphatic rings. The van der Waals surface area contributed by atoms with Gasteiger partial charge in [0.15, 0.2) is 0 Å². The second-order valence-electron chi connectivity index (χ2n) is 5.33. The second-order valence-corrected chi connectivity index (χ2v) is 7.04. The van der Waals surface area contributed by atoms with E-state index in [9.17, 15) is 8.42 Å². The molecule has 1 aromatic carbocycles. The summed E-state index contributed by atoms with van der Waals surface area (Å²) in [7, 11) is -3.49. The zero-order valence-electron chi connectivity index (χ0n) is 12.6. The Morgan fingerprint density at radius 1 is 1.15 bits per heavy atom. The Bertz CT molecular complexity index is 506. The van der Waals surface area contributed by atoms with Crippen LogP contribution in [-0.4, -0.2) is 14.5 Å². The highest BCUT2D eigenvalue weighted by molar-refractivity contribution is 7.89. The fourth-order valence-corrected chi connectivity index (χ4v) is 3.72. The maximum atomic E-state index is 12.4. The molecular formula is C15H26N2O2S. The van der Waals surface area contributed by atoms with Crippen molar-refractivity contribution in [2.75, 3.05) is 5.73 Å². The van der Waals surface area contributed by atoms with Gasteiger partial charge in [0, 0.05) is 11.7 Å². The topological polar surface area (TPSA) is 72.2 Å². The molecule has 0 bridgehead atoms. The summed E-state index contributed by atoms with van der Waals surface area (Å²) < 4.78 is 27.7. The van der Waals surface area contributed by atoms with Crippen LogP contribution in [0.5, 0.6) is 0 Å². The number of hydrogen-bond donors (Lipinski definition) is 2. The predicted octanol–water partition coefficient (Wildman–Crippen LogP) is 3.21. The van der Waals surface area contributed by atoms with E-state index in [1.165, 1.54) is 6.07 Å². The minimum absolute atomic E-state index is 0.00619. The van der Waals surface area contributed by atoms with Gasteiger partial charge in [0.05, 0.1) is 4.90 Å². The highest BCUT2D eigenvalue weighted by Gasteiger charge is 2.19. The molecule has 3 N–H and O–H groups in total. The highest BCUT2D eigenvalue weighted by Crippen LogP contribution is 2.18. The van der Waals surface area contributed by atoms with Gasteiger partial charge in [0.2, 0.25) is 10.0 Å². The zero-order valence-corrected chi connectivity index (χ0v) is 13.5. The Morgan fingerprint density at radius 3 is 2.40 bits per heavy atom. The molecule has 20 heavy (non-hydrogen) atoms. The van der Waals surface area contributed by atoms with E-state index in [0.29, 0.717) is 5.69 Å².